The predicted octanol–water partition coefficient (Wildman–Crippen LogP) is 3.16. The Morgan fingerprint density at radius 3 is 2.50 bits per heavy atom. The van der Waals surface area contributed by atoms with Crippen LogP contribution in [-0.2, 0) is 0 Å². The van der Waals surface area contributed by atoms with E-state index in [1.54, 1.807) is 0 Å². The average Bonchev–Trinajstić information content (AvgIpc) is 2.01. The summed E-state index contributed by atoms with van der Waals surface area (Å²) < 4.78 is 1.04. The molecular formula is C8H5BrINO3. The molecule has 0 aromatic heterocycles. The average molecular weight is 370 g/mol. The van der Waals surface area contributed by atoms with Gasteiger partial charge in [0.25, 0.3) is 5.69 Å². The van der Waals surface area contributed by atoms with E-state index in [9.17, 15) is 14.9 Å². The zero-order chi connectivity index (χ0) is 10.9. The number of benzene rings is 1. The highest BCUT2D eigenvalue weighted by atomic mass is 127. The number of nitro groups is 1. The van der Waals surface area contributed by atoms with Gasteiger partial charge < -0.3 is 0 Å². The third-order valence-corrected chi connectivity index (χ3v) is 3.07. The predicted molar refractivity (Wildman–Crippen MR) is 63.5 cm³/mol. The minimum absolute atomic E-state index is 0.0220. The van der Waals surface area contributed by atoms with Crippen LogP contribution in [0.2, 0.25) is 0 Å². The van der Waals surface area contributed by atoms with Crippen molar-refractivity contribution in [3.05, 3.63) is 35.9 Å². The highest BCUT2D eigenvalue weighted by molar-refractivity contribution is 14.1. The topological polar surface area (TPSA) is 60.2 Å². The molecule has 0 aliphatic heterocycles. The molecule has 0 unspecified atom stereocenters. The Kier molecular flexibility index (Phi) is 3.59. The summed E-state index contributed by atoms with van der Waals surface area (Å²) in [5.74, 6) is -0.115. The molecule has 0 radical (unpaired) electrons. The molecule has 4 nitrogen and oxygen atoms in total. The Labute approximate surface area is 102 Å². The van der Waals surface area contributed by atoms with Crippen molar-refractivity contribution in [2.24, 2.45) is 0 Å². The lowest BCUT2D eigenvalue weighted by molar-refractivity contribution is -0.385. The Morgan fingerprint density at radius 1 is 1.57 bits per heavy atom. The van der Waals surface area contributed by atoms with E-state index in [-0.39, 0.29) is 11.5 Å². The smallest absolute Gasteiger partial charge is 0.271 e. The second-order valence-corrected chi connectivity index (χ2v) is 4.61. The fraction of sp³-hybridized carbons (Fsp3) is 0.125. The monoisotopic (exact) mass is 369 g/mol. The molecule has 14 heavy (non-hydrogen) atoms. The molecule has 0 saturated carbocycles. The number of nitro benzene ring substituents is 1. The SMILES string of the molecule is CC(=O)c1c(Br)cc([N+](=O)[O-])cc1I. The van der Waals surface area contributed by atoms with Gasteiger partial charge >= 0.3 is 0 Å². The molecule has 0 N–H and O–H groups in total. The van der Waals surface area contributed by atoms with Crippen LogP contribution in [0.1, 0.15) is 17.3 Å². The van der Waals surface area contributed by atoms with Gasteiger partial charge in [-0.05, 0) is 45.4 Å². The molecule has 0 bridgehead atoms. The second-order valence-electron chi connectivity index (χ2n) is 2.60. The molecule has 0 spiro atoms. The molecule has 0 atom stereocenters. The first-order chi connectivity index (χ1) is 6.43. The summed E-state index contributed by atoms with van der Waals surface area (Å²) in [7, 11) is 0. The van der Waals surface area contributed by atoms with E-state index in [1.165, 1.54) is 19.1 Å². The lowest BCUT2D eigenvalue weighted by Gasteiger charge is -2.02. The molecule has 6 heteroatoms. The minimum atomic E-state index is -0.489. The molecule has 0 heterocycles. The number of hydrogen-bond donors (Lipinski definition) is 0. The quantitative estimate of drug-likeness (QED) is 0.348. The Balaban J connectivity index is 3.39. The lowest BCUT2D eigenvalue weighted by Crippen LogP contribution is -1.99. The zero-order valence-corrected chi connectivity index (χ0v) is 10.8. The first-order valence-electron chi connectivity index (χ1n) is 3.58. The van der Waals surface area contributed by atoms with Gasteiger partial charge in [0.15, 0.2) is 5.78 Å². The fourth-order valence-electron chi connectivity index (χ4n) is 1.00. The maximum Gasteiger partial charge on any atom is 0.271 e. The van der Waals surface area contributed by atoms with Crippen molar-refractivity contribution in [3.63, 3.8) is 0 Å². The molecule has 0 aliphatic carbocycles. The lowest BCUT2D eigenvalue weighted by atomic mass is 10.1. The van der Waals surface area contributed by atoms with Crippen molar-refractivity contribution in [1.29, 1.82) is 0 Å². The van der Waals surface area contributed by atoms with E-state index in [4.69, 9.17) is 0 Å². The van der Waals surface area contributed by atoms with Gasteiger partial charge in [0.2, 0.25) is 0 Å². The summed E-state index contributed by atoms with van der Waals surface area (Å²) in [5.41, 5.74) is 0.461. The summed E-state index contributed by atoms with van der Waals surface area (Å²) >= 11 is 5.04. The van der Waals surface area contributed by atoms with Crippen LogP contribution < -0.4 is 0 Å². The maximum atomic E-state index is 11.2. The zero-order valence-electron chi connectivity index (χ0n) is 7.08. The van der Waals surface area contributed by atoms with E-state index in [1.807, 2.05) is 22.6 Å². The van der Waals surface area contributed by atoms with E-state index >= 15 is 0 Å². The van der Waals surface area contributed by atoms with Crippen molar-refractivity contribution >= 4 is 50.0 Å². The number of non-ortho nitro benzene ring substituents is 1. The number of Topliss-reactive ketones (excluding diaryl/α,β-unsaturated/α-hetero) is 1. The molecule has 0 saturated heterocycles. The molecular weight excluding hydrogens is 365 g/mol. The van der Waals surface area contributed by atoms with E-state index < -0.39 is 4.92 Å². The normalized spacial score (nSPS) is 9.93. The molecule has 1 rings (SSSR count). The van der Waals surface area contributed by atoms with Gasteiger partial charge in [-0.1, -0.05) is 0 Å². The van der Waals surface area contributed by atoms with Crippen LogP contribution in [0.15, 0.2) is 16.6 Å². The summed E-state index contributed by atoms with van der Waals surface area (Å²) in [4.78, 5) is 21.2. The standard InChI is InChI=1S/C8H5BrINO3/c1-4(12)8-6(9)2-5(11(13)14)3-7(8)10/h2-3H,1H3. The molecule has 74 valence electrons. The number of ketones is 1. The van der Waals surface area contributed by atoms with Crippen LogP contribution in [0, 0.1) is 13.7 Å². The number of nitrogens with zero attached hydrogens (tertiary/aromatic N) is 1. The Bertz CT molecular complexity index is 396. The van der Waals surface area contributed by atoms with Gasteiger partial charge in [-0.15, -0.1) is 0 Å². The maximum absolute atomic E-state index is 11.2. The van der Waals surface area contributed by atoms with E-state index in [0.29, 0.717) is 13.6 Å². The van der Waals surface area contributed by atoms with Gasteiger partial charge in [-0.25, -0.2) is 0 Å². The van der Waals surface area contributed by atoms with Gasteiger partial charge in [-0.2, -0.15) is 0 Å². The number of carbonyl (C=O) groups excluding carboxylic acids is 1. The summed E-state index contributed by atoms with van der Waals surface area (Å²) in [5, 5.41) is 10.5. The largest absolute Gasteiger partial charge is 0.294 e. The summed E-state index contributed by atoms with van der Waals surface area (Å²) in [6, 6.07) is 2.71. The number of carbonyl (C=O) groups is 1. The van der Waals surface area contributed by atoms with Gasteiger partial charge in [-0.3, -0.25) is 14.9 Å². The number of rotatable bonds is 2. The molecule has 0 amide bonds. The van der Waals surface area contributed by atoms with Crippen molar-refractivity contribution in [1.82, 2.24) is 0 Å². The van der Waals surface area contributed by atoms with E-state index in [2.05, 4.69) is 15.9 Å². The summed E-state index contributed by atoms with van der Waals surface area (Å²) in [6.07, 6.45) is 0. The van der Waals surface area contributed by atoms with Gasteiger partial charge in [0, 0.05) is 25.7 Å². The Hall–Kier alpha value is -0.500. The van der Waals surface area contributed by atoms with E-state index in [0.717, 1.165) is 0 Å². The molecule has 0 fully saturated rings. The van der Waals surface area contributed by atoms with Crippen LogP contribution in [-0.4, -0.2) is 10.7 Å². The van der Waals surface area contributed by atoms with Gasteiger partial charge in [0.1, 0.15) is 0 Å². The van der Waals surface area contributed by atoms with Crippen LogP contribution in [0.3, 0.4) is 0 Å². The Morgan fingerprint density at radius 2 is 2.14 bits per heavy atom. The fourth-order valence-corrected chi connectivity index (χ4v) is 3.09. The highest BCUT2D eigenvalue weighted by Crippen LogP contribution is 2.28. The first kappa shape index (κ1) is 11.6. The van der Waals surface area contributed by atoms with Crippen molar-refractivity contribution < 1.29 is 9.72 Å². The molecule has 1 aromatic rings. The third kappa shape index (κ3) is 2.30. The second kappa shape index (κ2) is 4.35. The van der Waals surface area contributed by atoms with Crippen LogP contribution in [0.25, 0.3) is 0 Å². The van der Waals surface area contributed by atoms with Crippen molar-refractivity contribution in [2.45, 2.75) is 6.92 Å². The molecule has 1 aromatic carbocycles. The van der Waals surface area contributed by atoms with Crippen molar-refractivity contribution in [2.75, 3.05) is 0 Å². The van der Waals surface area contributed by atoms with Crippen LogP contribution >= 0.6 is 38.5 Å². The number of halogens is 2. The van der Waals surface area contributed by atoms with Gasteiger partial charge in [0.05, 0.1) is 4.92 Å². The first-order valence-corrected chi connectivity index (χ1v) is 5.45. The van der Waals surface area contributed by atoms with Crippen molar-refractivity contribution in [3.8, 4) is 0 Å². The number of hydrogen-bond acceptors (Lipinski definition) is 3. The van der Waals surface area contributed by atoms with Crippen LogP contribution in [0.4, 0.5) is 5.69 Å². The minimum Gasteiger partial charge on any atom is -0.294 e. The third-order valence-electron chi connectivity index (χ3n) is 1.59. The van der Waals surface area contributed by atoms with Crippen LogP contribution in [0.5, 0.6) is 0 Å². The highest BCUT2D eigenvalue weighted by Gasteiger charge is 2.16. The molecule has 0 aliphatic rings. The summed E-state index contributed by atoms with van der Waals surface area (Å²) in [6.45, 7) is 1.42.